The zero-order chi connectivity index (χ0) is 18.3. The van der Waals surface area contributed by atoms with Gasteiger partial charge in [0.25, 0.3) is 0 Å². The molecule has 0 heterocycles. The van der Waals surface area contributed by atoms with Gasteiger partial charge in [0.15, 0.2) is 11.5 Å². The van der Waals surface area contributed by atoms with Gasteiger partial charge in [-0.15, -0.1) is 0 Å². The summed E-state index contributed by atoms with van der Waals surface area (Å²) in [6.45, 7) is 1.57. The van der Waals surface area contributed by atoms with Gasteiger partial charge in [0, 0.05) is 11.1 Å². The molecule has 128 valence electrons. The summed E-state index contributed by atoms with van der Waals surface area (Å²) in [4.78, 5) is 22.4. The summed E-state index contributed by atoms with van der Waals surface area (Å²) >= 11 is 0. The second-order valence-corrected chi connectivity index (χ2v) is 4.94. The minimum Gasteiger partial charge on any atom is -0.407 e. The molecule has 0 fully saturated rings. The predicted octanol–water partition coefficient (Wildman–Crippen LogP) is -0.0258. The summed E-state index contributed by atoms with van der Waals surface area (Å²) in [6.07, 6.45) is -2.35. The van der Waals surface area contributed by atoms with Crippen molar-refractivity contribution in [3.63, 3.8) is 0 Å². The van der Waals surface area contributed by atoms with Crippen LogP contribution in [0.3, 0.4) is 0 Å². The van der Waals surface area contributed by atoms with E-state index < -0.39 is 12.2 Å². The number of nitrogen functional groups attached to an aromatic ring is 5. The van der Waals surface area contributed by atoms with E-state index in [0.29, 0.717) is 5.56 Å². The molecule has 11 nitrogen and oxygen atoms in total. The van der Waals surface area contributed by atoms with E-state index >= 15 is 0 Å². The SMILES string of the molecule is Cc1c(N)c(OC(N)=O)c2c(OC(N)=O)c(N)c(N)c(N)c2c1N. The van der Waals surface area contributed by atoms with Crippen molar-refractivity contribution in [3.8, 4) is 11.5 Å². The maximum absolute atomic E-state index is 11.2. The first kappa shape index (κ1) is 16.6. The third-order valence-electron chi connectivity index (χ3n) is 3.53. The summed E-state index contributed by atoms with van der Waals surface area (Å²) < 4.78 is 9.84. The fourth-order valence-corrected chi connectivity index (χ4v) is 2.33. The highest BCUT2D eigenvalue weighted by molar-refractivity contribution is 6.18. The molecule has 0 aromatic heterocycles. The highest BCUT2D eigenvalue weighted by Gasteiger charge is 2.26. The second kappa shape index (κ2) is 5.46. The van der Waals surface area contributed by atoms with Crippen molar-refractivity contribution in [3.05, 3.63) is 5.56 Å². The van der Waals surface area contributed by atoms with E-state index in [2.05, 4.69) is 0 Å². The van der Waals surface area contributed by atoms with Crippen LogP contribution in [0, 0.1) is 6.92 Å². The van der Waals surface area contributed by atoms with Crippen molar-refractivity contribution in [1.82, 2.24) is 0 Å². The fourth-order valence-electron chi connectivity index (χ4n) is 2.33. The Balaban J connectivity index is 3.14. The third kappa shape index (κ3) is 2.33. The number of benzene rings is 2. The third-order valence-corrected chi connectivity index (χ3v) is 3.53. The zero-order valence-electron chi connectivity index (χ0n) is 12.7. The van der Waals surface area contributed by atoms with Gasteiger partial charge in [-0.1, -0.05) is 0 Å². The van der Waals surface area contributed by atoms with Gasteiger partial charge in [-0.2, -0.15) is 0 Å². The van der Waals surface area contributed by atoms with Gasteiger partial charge in [-0.05, 0) is 12.5 Å². The van der Waals surface area contributed by atoms with Crippen LogP contribution in [0.4, 0.5) is 38.0 Å². The normalized spacial score (nSPS) is 10.5. The molecule has 0 unspecified atom stereocenters. The Morgan fingerprint density at radius 2 is 1.12 bits per heavy atom. The monoisotopic (exact) mass is 335 g/mol. The largest absolute Gasteiger partial charge is 0.410 e. The van der Waals surface area contributed by atoms with Crippen LogP contribution >= 0.6 is 0 Å². The van der Waals surface area contributed by atoms with E-state index in [9.17, 15) is 9.59 Å². The van der Waals surface area contributed by atoms with Gasteiger partial charge in [-0.3, -0.25) is 0 Å². The van der Waals surface area contributed by atoms with Crippen LogP contribution in [0.1, 0.15) is 5.56 Å². The Hall–Kier alpha value is -3.76. The minimum absolute atomic E-state index is 0.00533. The van der Waals surface area contributed by atoms with Crippen LogP contribution in [0.2, 0.25) is 0 Å². The molecule has 0 atom stereocenters. The van der Waals surface area contributed by atoms with E-state index in [1.807, 2.05) is 0 Å². The molecular formula is C13H17N7O4. The molecular weight excluding hydrogens is 318 g/mol. The molecule has 2 aromatic carbocycles. The molecule has 0 aliphatic carbocycles. The number of primary amides is 2. The minimum atomic E-state index is -1.19. The Kier molecular flexibility index (Phi) is 3.78. The Bertz CT molecular complexity index is 826. The van der Waals surface area contributed by atoms with Crippen LogP contribution in [0.25, 0.3) is 10.8 Å². The molecule has 2 rings (SSSR count). The zero-order valence-corrected chi connectivity index (χ0v) is 12.7. The molecule has 0 saturated carbocycles. The summed E-state index contributed by atoms with van der Waals surface area (Å²) in [6, 6.07) is 0. The van der Waals surface area contributed by atoms with Gasteiger partial charge >= 0.3 is 12.2 Å². The first-order chi connectivity index (χ1) is 11.1. The van der Waals surface area contributed by atoms with Crippen molar-refractivity contribution in [1.29, 1.82) is 0 Å². The number of nitrogens with two attached hydrogens (primary N) is 7. The number of rotatable bonds is 2. The highest BCUT2D eigenvalue weighted by Crippen LogP contribution is 2.51. The smallest absolute Gasteiger partial charge is 0.407 e. The number of anilines is 5. The summed E-state index contributed by atoms with van der Waals surface area (Å²) in [5.41, 5.74) is 39.9. The molecule has 2 amide bonds. The van der Waals surface area contributed by atoms with Crippen molar-refractivity contribution >= 4 is 51.4 Å². The lowest BCUT2D eigenvalue weighted by atomic mass is 9.97. The van der Waals surface area contributed by atoms with Crippen molar-refractivity contribution < 1.29 is 19.1 Å². The first-order valence-electron chi connectivity index (χ1n) is 6.50. The Morgan fingerprint density at radius 3 is 1.58 bits per heavy atom. The molecule has 11 heteroatoms. The lowest BCUT2D eigenvalue weighted by Gasteiger charge is -2.21. The van der Waals surface area contributed by atoms with Crippen molar-refractivity contribution in [2.24, 2.45) is 11.5 Å². The maximum atomic E-state index is 11.2. The molecule has 0 saturated heterocycles. The number of ether oxygens (including phenoxy) is 2. The van der Waals surface area contributed by atoms with Gasteiger partial charge in [0.1, 0.15) is 5.69 Å². The lowest BCUT2D eigenvalue weighted by molar-refractivity contribution is 0.211. The molecule has 2 aromatic rings. The van der Waals surface area contributed by atoms with Gasteiger partial charge in [-0.25, -0.2) is 9.59 Å². The van der Waals surface area contributed by atoms with E-state index in [0.717, 1.165) is 0 Å². The molecule has 0 spiro atoms. The van der Waals surface area contributed by atoms with Crippen LogP contribution < -0.4 is 49.6 Å². The number of amides is 2. The highest BCUT2D eigenvalue weighted by atomic mass is 16.6. The van der Waals surface area contributed by atoms with Gasteiger partial charge in [0.05, 0.1) is 22.4 Å². The van der Waals surface area contributed by atoms with Crippen molar-refractivity contribution in [2.75, 3.05) is 28.7 Å². The van der Waals surface area contributed by atoms with Crippen LogP contribution in [-0.2, 0) is 0 Å². The molecule has 14 N–H and O–H groups in total. The fraction of sp³-hybridized carbons (Fsp3) is 0.0769. The summed E-state index contributed by atoms with van der Waals surface area (Å²) in [5, 5.41) is 0.0956. The average molecular weight is 335 g/mol. The molecule has 0 aliphatic rings. The number of hydrogen-bond donors (Lipinski definition) is 7. The second-order valence-electron chi connectivity index (χ2n) is 4.94. The number of fused-ring (bicyclic) bond motifs is 1. The lowest BCUT2D eigenvalue weighted by Crippen LogP contribution is -2.20. The van der Waals surface area contributed by atoms with Gasteiger partial charge in [0.2, 0.25) is 0 Å². The maximum Gasteiger partial charge on any atom is 0.410 e. The van der Waals surface area contributed by atoms with E-state index in [4.69, 9.17) is 49.6 Å². The summed E-state index contributed by atoms with van der Waals surface area (Å²) in [7, 11) is 0. The Labute approximate surface area is 135 Å². The van der Waals surface area contributed by atoms with Crippen molar-refractivity contribution in [2.45, 2.75) is 6.92 Å². The molecule has 0 aliphatic heterocycles. The quantitative estimate of drug-likeness (QED) is 0.364. The number of hydrogen-bond acceptors (Lipinski definition) is 9. The topological polar surface area (TPSA) is 235 Å². The van der Waals surface area contributed by atoms with Gasteiger partial charge < -0.3 is 49.6 Å². The molecule has 24 heavy (non-hydrogen) atoms. The summed E-state index contributed by atoms with van der Waals surface area (Å²) in [5.74, 6) is -0.516. The average Bonchev–Trinajstić information content (AvgIpc) is 2.49. The standard InChI is InChI=1S/C13H17N7O4/c1-2-5(14)3-4(10(6(2)15)23-12(19)21)11(24-13(20)22)9(18)8(17)7(3)16/h14-18H2,1H3,(H2,19,21)(H2,20,22). The molecule has 0 bridgehead atoms. The van der Waals surface area contributed by atoms with E-state index in [-0.39, 0.29) is 50.7 Å². The Morgan fingerprint density at radius 1 is 0.667 bits per heavy atom. The number of carbonyl (C=O) groups excluding carboxylic acids is 2. The van der Waals surface area contributed by atoms with E-state index in [1.165, 1.54) is 0 Å². The van der Waals surface area contributed by atoms with Crippen LogP contribution in [-0.4, -0.2) is 12.2 Å². The van der Waals surface area contributed by atoms with E-state index in [1.54, 1.807) is 6.92 Å². The predicted molar refractivity (Wildman–Crippen MR) is 91.2 cm³/mol. The molecule has 0 radical (unpaired) electrons. The first-order valence-corrected chi connectivity index (χ1v) is 6.50. The number of carbonyl (C=O) groups is 2. The van der Waals surface area contributed by atoms with Crippen LogP contribution in [0.5, 0.6) is 11.5 Å². The van der Waals surface area contributed by atoms with Crippen LogP contribution in [0.15, 0.2) is 0 Å².